The predicted octanol–water partition coefficient (Wildman–Crippen LogP) is 1.94. The van der Waals surface area contributed by atoms with Gasteiger partial charge in [-0.3, -0.25) is 0 Å². The second-order valence-electron chi connectivity index (χ2n) is 4.39. The average molecular weight is 239 g/mol. The fourth-order valence-electron chi connectivity index (χ4n) is 1.94. The summed E-state index contributed by atoms with van der Waals surface area (Å²) in [6, 6.07) is 1.98. The van der Waals surface area contributed by atoms with Crippen molar-refractivity contribution < 1.29 is 13.9 Å². The van der Waals surface area contributed by atoms with Crippen LogP contribution in [-0.2, 0) is 22.6 Å². The molecule has 1 aliphatic rings. The van der Waals surface area contributed by atoms with Crippen LogP contribution in [0.15, 0.2) is 16.7 Å². The molecule has 2 heterocycles. The summed E-state index contributed by atoms with van der Waals surface area (Å²) >= 11 is 0. The van der Waals surface area contributed by atoms with Crippen molar-refractivity contribution in [3.05, 3.63) is 23.7 Å². The summed E-state index contributed by atoms with van der Waals surface area (Å²) in [5.41, 5.74) is 1.14. The molecule has 0 bridgehead atoms. The van der Waals surface area contributed by atoms with E-state index in [1.807, 2.05) is 6.07 Å². The highest BCUT2D eigenvalue weighted by molar-refractivity contribution is 5.15. The third-order valence-electron chi connectivity index (χ3n) is 3.01. The van der Waals surface area contributed by atoms with Crippen LogP contribution < -0.4 is 5.32 Å². The second-order valence-corrected chi connectivity index (χ2v) is 4.39. The molecule has 0 radical (unpaired) electrons. The molecule has 96 valence electrons. The monoisotopic (exact) mass is 239 g/mol. The molecule has 0 saturated carbocycles. The maximum Gasteiger partial charge on any atom is 0.123 e. The van der Waals surface area contributed by atoms with Gasteiger partial charge in [0.05, 0.1) is 32.6 Å². The zero-order chi connectivity index (χ0) is 11.9. The quantitative estimate of drug-likeness (QED) is 0.789. The van der Waals surface area contributed by atoms with Crippen molar-refractivity contribution in [2.75, 3.05) is 26.4 Å². The fraction of sp³-hybridized carbons (Fsp3) is 0.692. The van der Waals surface area contributed by atoms with Crippen molar-refractivity contribution in [1.82, 2.24) is 5.32 Å². The molecule has 0 aliphatic carbocycles. The van der Waals surface area contributed by atoms with Gasteiger partial charge in [0.1, 0.15) is 5.76 Å². The maximum atomic E-state index is 5.71. The molecule has 4 nitrogen and oxygen atoms in total. The molecular formula is C13H21NO3. The lowest BCUT2D eigenvalue weighted by Crippen LogP contribution is -2.13. The first-order valence-corrected chi connectivity index (χ1v) is 6.31. The topological polar surface area (TPSA) is 43.6 Å². The minimum absolute atomic E-state index is 0.569. The molecule has 2 rings (SSSR count). The van der Waals surface area contributed by atoms with Crippen LogP contribution in [-0.4, -0.2) is 26.4 Å². The highest BCUT2D eigenvalue weighted by Gasteiger charge is 2.16. The van der Waals surface area contributed by atoms with E-state index in [1.165, 1.54) is 0 Å². The van der Waals surface area contributed by atoms with Crippen LogP contribution in [0.4, 0.5) is 0 Å². The van der Waals surface area contributed by atoms with Crippen LogP contribution in [0.25, 0.3) is 0 Å². The SMILES string of the molecule is CCNCc1occc1COCC1CCOC1. The number of hydrogen-bond donors (Lipinski definition) is 1. The van der Waals surface area contributed by atoms with Gasteiger partial charge in [0, 0.05) is 18.1 Å². The number of ether oxygens (including phenoxy) is 2. The summed E-state index contributed by atoms with van der Waals surface area (Å²) in [5, 5.41) is 3.25. The Balaban J connectivity index is 1.72. The third kappa shape index (κ3) is 3.84. The van der Waals surface area contributed by atoms with Gasteiger partial charge in [-0.15, -0.1) is 0 Å². The van der Waals surface area contributed by atoms with Gasteiger partial charge < -0.3 is 19.2 Å². The van der Waals surface area contributed by atoms with Crippen molar-refractivity contribution in [1.29, 1.82) is 0 Å². The Kier molecular flexibility index (Phi) is 5.04. The Bertz CT molecular complexity index is 318. The minimum atomic E-state index is 0.569. The Hall–Kier alpha value is -0.840. The highest BCUT2D eigenvalue weighted by atomic mass is 16.5. The summed E-state index contributed by atoms with van der Waals surface area (Å²) in [6.07, 6.45) is 2.85. The number of rotatable bonds is 7. The maximum absolute atomic E-state index is 5.71. The molecule has 1 aliphatic heterocycles. The molecule has 1 atom stereocenters. The molecule has 4 heteroatoms. The molecule has 0 amide bonds. The Morgan fingerprint density at radius 3 is 3.24 bits per heavy atom. The van der Waals surface area contributed by atoms with Crippen LogP contribution in [0, 0.1) is 5.92 Å². The van der Waals surface area contributed by atoms with E-state index < -0.39 is 0 Å². The van der Waals surface area contributed by atoms with Crippen LogP contribution in [0.5, 0.6) is 0 Å². The fourth-order valence-corrected chi connectivity index (χ4v) is 1.94. The third-order valence-corrected chi connectivity index (χ3v) is 3.01. The summed E-state index contributed by atoms with van der Waals surface area (Å²) < 4.78 is 16.5. The summed E-state index contributed by atoms with van der Waals surface area (Å²) in [6.45, 7) is 6.94. The zero-order valence-corrected chi connectivity index (χ0v) is 10.4. The smallest absolute Gasteiger partial charge is 0.123 e. The summed E-state index contributed by atoms with van der Waals surface area (Å²) in [5.74, 6) is 1.55. The molecule has 1 fully saturated rings. The molecular weight excluding hydrogens is 218 g/mol. The lowest BCUT2D eigenvalue weighted by atomic mass is 10.1. The lowest BCUT2D eigenvalue weighted by Gasteiger charge is -2.08. The van der Waals surface area contributed by atoms with E-state index in [2.05, 4.69) is 12.2 Å². The first-order chi connectivity index (χ1) is 8.40. The number of nitrogens with one attached hydrogen (secondary N) is 1. The van der Waals surface area contributed by atoms with Gasteiger partial charge in [-0.1, -0.05) is 6.92 Å². The Labute approximate surface area is 102 Å². The van der Waals surface area contributed by atoms with E-state index in [9.17, 15) is 0 Å². The van der Waals surface area contributed by atoms with Gasteiger partial charge in [-0.25, -0.2) is 0 Å². The summed E-state index contributed by atoms with van der Waals surface area (Å²) in [4.78, 5) is 0. The van der Waals surface area contributed by atoms with Gasteiger partial charge in [0.15, 0.2) is 0 Å². The normalized spacial score (nSPS) is 19.9. The molecule has 0 spiro atoms. The van der Waals surface area contributed by atoms with Crippen LogP contribution in [0.3, 0.4) is 0 Å². The van der Waals surface area contributed by atoms with Crippen molar-refractivity contribution in [3.8, 4) is 0 Å². The van der Waals surface area contributed by atoms with Crippen molar-refractivity contribution >= 4 is 0 Å². The van der Waals surface area contributed by atoms with Gasteiger partial charge in [0.25, 0.3) is 0 Å². The highest BCUT2D eigenvalue weighted by Crippen LogP contribution is 2.15. The van der Waals surface area contributed by atoms with Crippen LogP contribution >= 0.6 is 0 Å². The van der Waals surface area contributed by atoms with Gasteiger partial charge in [-0.2, -0.15) is 0 Å². The molecule has 1 unspecified atom stereocenters. The van der Waals surface area contributed by atoms with Crippen LogP contribution in [0.1, 0.15) is 24.7 Å². The number of furan rings is 1. The van der Waals surface area contributed by atoms with Crippen LogP contribution in [0.2, 0.25) is 0 Å². The summed E-state index contributed by atoms with van der Waals surface area (Å²) in [7, 11) is 0. The number of hydrogen-bond acceptors (Lipinski definition) is 4. The first kappa shape index (κ1) is 12.6. The van der Waals surface area contributed by atoms with Gasteiger partial charge >= 0.3 is 0 Å². The molecule has 0 aromatic carbocycles. The van der Waals surface area contributed by atoms with E-state index >= 15 is 0 Å². The van der Waals surface area contributed by atoms with E-state index in [-0.39, 0.29) is 0 Å². The molecule has 17 heavy (non-hydrogen) atoms. The van der Waals surface area contributed by atoms with E-state index in [0.29, 0.717) is 12.5 Å². The second kappa shape index (κ2) is 6.79. The predicted molar refractivity (Wildman–Crippen MR) is 64.7 cm³/mol. The minimum Gasteiger partial charge on any atom is -0.468 e. The van der Waals surface area contributed by atoms with Crippen molar-refractivity contribution in [3.63, 3.8) is 0 Å². The van der Waals surface area contributed by atoms with Crippen molar-refractivity contribution in [2.24, 2.45) is 5.92 Å². The van der Waals surface area contributed by atoms with Crippen molar-refractivity contribution in [2.45, 2.75) is 26.5 Å². The first-order valence-electron chi connectivity index (χ1n) is 6.31. The lowest BCUT2D eigenvalue weighted by molar-refractivity contribution is 0.0782. The van der Waals surface area contributed by atoms with E-state index in [1.54, 1.807) is 6.26 Å². The van der Waals surface area contributed by atoms with E-state index in [4.69, 9.17) is 13.9 Å². The molecule has 1 aromatic heterocycles. The molecule has 1 aromatic rings. The Morgan fingerprint density at radius 1 is 1.53 bits per heavy atom. The largest absolute Gasteiger partial charge is 0.468 e. The average Bonchev–Trinajstić information content (AvgIpc) is 2.98. The Morgan fingerprint density at radius 2 is 2.47 bits per heavy atom. The van der Waals surface area contributed by atoms with E-state index in [0.717, 1.165) is 50.7 Å². The van der Waals surface area contributed by atoms with Gasteiger partial charge in [-0.05, 0) is 19.0 Å². The van der Waals surface area contributed by atoms with Gasteiger partial charge in [0.2, 0.25) is 0 Å². The standard InChI is InChI=1S/C13H21NO3/c1-2-14-7-13-12(4-6-17-13)10-16-9-11-3-5-15-8-11/h4,6,11,14H,2-3,5,7-10H2,1H3. The zero-order valence-electron chi connectivity index (χ0n) is 10.4. The molecule has 1 N–H and O–H groups in total. The molecule has 1 saturated heterocycles.